The van der Waals surface area contributed by atoms with Gasteiger partial charge in [-0.2, -0.15) is 0 Å². The number of ether oxygens (including phenoxy) is 2. The lowest BCUT2D eigenvalue weighted by atomic mass is 10.0. The summed E-state index contributed by atoms with van der Waals surface area (Å²) >= 11 is 0. The fourth-order valence-electron chi connectivity index (χ4n) is 2.12. The van der Waals surface area contributed by atoms with E-state index in [0.29, 0.717) is 19.8 Å². The molecular formula is C16H21NO2. The van der Waals surface area contributed by atoms with Gasteiger partial charge in [-0.25, -0.2) is 0 Å². The van der Waals surface area contributed by atoms with E-state index in [-0.39, 0.29) is 0 Å². The Balaban J connectivity index is 2.10. The zero-order valence-electron chi connectivity index (χ0n) is 11.4. The van der Waals surface area contributed by atoms with Crippen molar-refractivity contribution in [1.29, 1.82) is 0 Å². The number of hydrogen-bond donors (Lipinski definition) is 1. The van der Waals surface area contributed by atoms with Crippen LogP contribution in [0.15, 0.2) is 36.4 Å². The maximum absolute atomic E-state index is 5.86. The van der Waals surface area contributed by atoms with Crippen LogP contribution in [0, 0.1) is 0 Å². The third-order valence-electron chi connectivity index (χ3n) is 3.04. The molecule has 0 heterocycles. The lowest BCUT2D eigenvalue weighted by Crippen LogP contribution is -2.09. The number of fused-ring (bicyclic) bond motifs is 1. The molecule has 0 amide bonds. The summed E-state index contributed by atoms with van der Waals surface area (Å²) in [6, 6.07) is 12.3. The van der Waals surface area contributed by atoms with Gasteiger partial charge in [-0.1, -0.05) is 37.3 Å². The van der Waals surface area contributed by atoms with Crippen molar-refractivity contribution in [2.75, 3.05) is 19.8 Å². The second kappa shape index (κ2) is 7.12. The third-order valence-corrected chi connectivity index (χ3v) is 3.04. The van der Waals surface area contributed by atoms with Crippen molar-refractivity contribution in [3.8, 4) is 5.75 Å². The summed E-state index contributed by atoms with van der Waals surface area (Å²) in [4.78, 5) is 0. The molecule has 2 N–H and O–H groups in total. The molecule has 0 aliphatic carbocycles. The summed E-state index contributed by atoms with van der Waals surface area (Å²) < 4.78 is 11.2. The third kappa shape index (κ3) is 3.46. The number of hydrogen-bond acceptors (Lipinski definition) is 3. The lowest BCUT2D eigenvalue weighted by molar-refractivity contribution is 0.100. The SMILES string of the molecule is CCCOCCOc1ccc2ccccc2c1CN. The zero-order chi connectivity index (χ0) is 13.5. The first kappa shape index (κ1) is 13.8. The molecule has 0 bridgehead atoms. The fraction of sp³-hybridized carbons (Fsp3) is 0.375. The number of benzene rings is 2. The molecule has 102 valence electrons. The van der Waals surface area contributed by atoms with E-state index >= 15 is 0 Å². The molecule has 0 radical (unpaired) electrons. The Kier molecular flexibility index (Phi) is 5.19. The van der Waals surface area contributed by atoms with Crippen LogP contribution in [-0.2, 0) is 11.3 Å². The molecule has 0 aromatic heterocycles. The van der Waals surface area contributed by atoms with Crippen LogP contribution in [0.25, 0.3) is 10.8 Å². The summed E-state index contributed by atoms with van der Waals surface area (Å²) in [6.07, 6.45) is 1.03. The van der Waals surface area contributed by atoms with Gasteiger partial charge in [-0.15, -0.1) is 0 Å². The summed E-state index contributed by atoms with van der Waals surface area (Å²) in [5.41, 5.74) is 6.92. The Labute approximate surface area is 114 Å². The average molecular weight is 259 g/mol. The molecule has 0 spiro atoms. The molecule has 3 heteroatoms. The van der Waals surface area contributed by atoms with Gasteiger partial charge < -0.3 is 15.2 Å². The van der Waals surface area contributed by atoms with Gasteiger partial charge >= 0.3 is 0 Å². The molecule has 0 aliphatic rings. The molecule has 0 fully saturated rings. The van der Waals surface area contributed by atoms with Crippen LogP contribution < -0.4 is 10.5 Å². The van der Waals surface area contributed by atoms with Crippen LogP contribution in [-0.4, -0.2) is 19.8 Å². The van der Waals surface area contributed by atoms with Crippen molar-refractivity contribution in [1.82, 2.24) is 0 Å². The summed E-state index contributed by atoms with van der Waals surface area (Å²) in [7, 11) is 0. The fourth-order valence-corrected chi connectivity index (χ4v) is 2.12. The monoisotopic (exact) mass is 259 g/mol. The van der Waals surface area contributed by atoms with Gasteiger partial charge in [0.05, 0.1) is 6.61 Å². The standard InChI is InChI=1S/C16H21NO2/c1-2-9-18-10-11-19-16-8-7-13-5-3-4-6-14(13)15(16)12-17/h3-8H,2,9-12,17H2,1H3. The number of rotatable bonds is 7. The van der Waals surface area contributed by atoms with Crippen molar-refractivity contribution >= 4 is 10.8 Å². The molecule has 0 unspecified atom stereocenters. The van der Waals surface area contributed by atoms with Crippen LogP contribution in [0.3, 0.4) is 0 Å². The van der Waals surface area contributed by atoms with E-state index in [0.717, 1.165) is 29.7 Å². The molecule has 0 saturated heterocycles. The van der Waals surface area contributed by atoms with Crippen molar-refractivity contribution in [3.05, 3.63) is 42.0 Å². The average Bonchev–Trinajstić information content (AvgIpc) is 2.46. The Morgan fingerprint density at radius 3 is 2.63 bits per heavy atom. The van der Waals surface area contributed by atoms with Gasteiger partial charge in [0.15, 0.2) is 0 Å². The minimum atomic E-state index is 0.479. The van der Waals surface area contributed by atoms with Gasteiger partial charge in [-0.05, 0) is 23.3 Å². The minimum absolute atomic E-state index is 0.479. The van der Waals surface area contributed by atoms with E-state index in [4.69, 9.17) is 15.2 Å². The van der Waals surface area contributed by atoms with Crippen LogP contribution >= 0.6 is 0 Å². The normalized spacial score (nSPS) is 10.8. The molecule has 19 heavy (non-hydrogen) atoms. The van der Waals surface area contributed by atoms with E-state index in [1.165, 1.54) is 5.39 Å². The van der Waals surface area contributed by atoms with E-state index in [1.807, 2.05) is 18.2 Å². The zero-order valence-corrected chi connectivity index (χ0v) is 11.4. The molecule has 2 aromatic carbocycles. The van der Waals surface area contributed by atoms with Gasteiger partial charge in [-0.3, -0.25) is 0 Å². The Hall–Kier alpha value is -1.58. The van der Waals surface area contributed by atoms with Gasteiger partial charge in [0.1, 0.15) is 12.4 Å². The first-order valence-corrected chi connectivity index (χ1v) is 6.78. The van der Waals surface area contributed by atoms with Gasteiger partial charge in [0, 0.05) is 18.7 Å². The topological polar surface area (TPSA) is 44.5 Å². The van der Waals surface area contributed by atoms with Crippen LogP contribution in [0.5, 0.6) is 5.75 Å². The molecule has 3 nitrogen and oxygen atoms in total. The Morgan fingerprint density at radius 1 is 1.00 bits per heavy atom. The van der Waals surface area contributed by atoms with Crippen LogP contribution in [0.4, 0.5) is 0 Å². The first-order valence-electron chi connectivity index (χ1n) is 6.78. The molecule has 2 aromatic rings. The highest BCUT2D eigenvalue weighted by Gasteiger charge is 2.06. The first-order chi connectivity index (χ1) is 9.36. The summed E-state index contributed by atoms with van der Waals surface area (Å²) in [6.45, 7) is 4.53. The van der Waals surface area contributed by atoms with Crippen molar-refractivity contribution in [3.63, 3.8) is 0 Å². The van der Waals surface area contributed by atoms with E-state index in [2.05, 4.69) is 25.1 Å². The maximum atomic E-state index is 5.86. The van der Waals surface area contributed by atoms with Crippen molar-refractivity contribution < 1.29 is 9.47 Å². The highest BCUT2D eigenvalue weighted by Crippen LogP contribution is 2.27. The number of nitrogens with two attached hydrogens (primary N) is 1. The largest absolute Gasteiger partial charge is 0.491 e. The van der Waals surface area contributed by atoms with E-state index in [9.17, 15) is 0 Å². The molecular weight excluding hydrogens is 238 g/mol. The lowest BCUT2D eigenvalue weighted by Gasteiger charge is -2.13. The predicted octanol–water partition coefficient (Wildman–Crippen LogP) is 3.10. The quantitative estimate of drug-likeness (QED) is 0.777. The molecule has 0 aliphatic heterocycles. The summed E-state index contributed by atoms with van der Waals surface area (Å²) in [5.74, 6) is 0.862. The van der Waals surface area contributed by atoms with Gasteiger partial charge in [0.25, 0.3) is 0 Å². The Morgan fingerprint density at radius 2 is 1.84 bits per heavy atom. The van der Waals surface area contributed by atoms with Crippen molar-refractivity contribution in [2.45, 2.75) is 19.9 Å². The van der Waals surface area contributed by atoms with Gasteiger partial charge in [0.2, 0.25) is 0 Å². The summed E-state index contributed by atoms with van der Waals surface area (Å²) in [5, 5.41) is 2.36. The maximum Gasteiger partial charge on any atom is 0.124 e. The molecule has 0 saturated carbocycles. The highest BCUT2D eigenvalue weighted by atomic mass is 16.5. The minimum Gasteiger partial charge on any atom is -0.491 e. The van der Waals surface area contributed by atoms with E-state index < -0.39 is 0 Å². The Bertz CT molecular complexity index is 525. The second-order valence-corrected chi connectivity index (χ2v) is 4.43. The van der Waals surface area contributed by atoms with Crippen LogP contribution in [0.1, 0.15) is 18.9 Å². The van der Waals surface area contributed by atoms with Crippen molar-refractivity contribution in [2.24, 2.45) is 5.73 Å². The molecule has 2 rings (SSSR count). The second-order valence-electron chi connectivity index (χ2n) is 4.43. The highest BCUT2D eigenvalue weighted by molar-refractivity contribution is 5.87. The molecule has 0 atom stereocenters. The predicted molar refractivity (Wildman–Crippen MR) is 78.4 cm³/mol. The smallest absolute Gasteiger partial charge is 0.124 e. The van der Waals surface area contributed by atoms with E-state index in [1.54, 1.807) is 0 Å². The van der Waals surface area contributed by atoms with Crippen LogP contribution in [0.2, 0.25) is 0 Å².